The highest BCUT2D eigenvalue weighted by atomic mass is 79.9. The minimum atomic E-state index is 0.605. The molecule has 0 amide bonds. The Labute approximate surface area is 75.7 Å². The summed E-state index contributed by atoms with van der Waals surface area (Å²) in [7, 11) is 0. The minimum Gasteiger partial charge on any atom is -0.326 e. The zero-order valence-electron chi connectivity index (χ0n) is 6.82. The maximum Gasteiger partial charge on any atom is 0.0223 e. The van der Waals surface area contributed by atoms with Crippen LogP contribution in [-0.2, 0) is 6.54 Å². The molecule has 1 nitrogen and oxygen atoms in total. The summed E-state index contributed by atoms with van der Waals surface area (Å²) in [5, 5.41) is 0. The lowest BCUT2D eigenvalue weighted by atomic mass is 10.0. The molecule has 0 bridgehead atoms. The maximum atomic E-state index is 5.59. The van der Waals surface area contributed by atoms with Crippen molar-refractivity contribution < 1.29 is 0 Å². The second-order valence-corrected chi connectivity index (χ2v) is 3.53. The van der Waals surface area contributed by atoms with Gasteiger partial charge in [-0.05, 0) is 36.6 Å². The van der Waals surface area contributed by atoms with Gasteiger partial charge in [0.15, 0.2) is 0 Å². The van der Waals surface area contributed by atoms with Crippen LogP contribution in [0.1, 0.15) is 16.7 Å². The Hall–Kier alpha value is -0.340. The number of hydrogen-bond donors (Lipinski definition) is 1. The zero-order chi connectivity index (χ0) is 8.43. The van der Waals surface area contributed by atoms with Gasteiger partial charge in [-0.25, -0.2) is 0 Å². The van der Waals surface area contributed by atoms with Gasteiger partial charge in [-0.15, -0.1) is 0 Å². The Morgan fingerprint density at radius 3 is 2.45 bits per heavy atom. The van der Waals surface area contributed by atoms with Gasteiger partial charge in [0.2, 0.25) is 0 Å². The van der Waals surface area contributed by atoms with Gasteiger partial charge in [0.25, 0.3) is 0 Å². The lowest BCUT2D eigenvalue weighted by Gasteiger charge is -2.07. The van der Waals surface area contributed by atoms with Crippen LogP contribution in [-0.4, -0.2) is 0 Å². The molecule has 0 radical (unpaired) electrons. The van der Waals surface area contributed by atoms with Crippen LogP contribution in [0, 0.1) is 13.8 Å². The summed E-state index contributed by atoms with van der Waals surface area (Å²) in [4.78, 5) is 0. The number of aryl methyl sites for hydroxylation is 1. The van der Waals surface area contributed by atoms with Crippen molar-refractivity contribution >= 4 is 15.9 Å². The normalized spacial score (nSPS) is 10.2. The van der Waals surface area contributed by atoms with E-state index in [-0.39, 0.29) is 0 Å². The van der Waals surface area contributed by atoms with Crippen molar-refractivity contribution in [3.05, 3.63) is 33.3 Å². The average molecular weight is 214 g/mol. The van der Waals surface area contributed by atoms with Gasteiger partial charge in [0, 0.05) is 11.0 Å². The van der Waals surface area contributed by atoms with Gasteiger partial charge in [0.1, 0.15) is 0 Å². The predicted molar refractivity (Wildman–Crippen MR) is 51.5 cm³/mol. The van der Waals surface area contributed by atoms with Crippen molar-refractivity contribution in [1.29, 1.82) is 0 Å². The van der Waals surface area contributed by atoms with Gasteiger partial charge in [-0.1, -0.05) is 22.0 Å². The SMILES string of the molecule is Cc1ccc(Br)c(CN)c1C. The minimum absolute atomic E-state index is 0.605. The van der Waals surface area contributed by atoms with E-state index in [1.54, 1.807) is 0 Å². The van der Waals surface area contributed by atoms with E-state index in [4.69, 9.17) is 5.73 Å². The molecule has 11 heavy (non-hydrogen) atoms. The molecular weight excluding hydrogens is 202 g/mol. The molecule has 0 saturated carbocycles. The highest BCUT2D eigenvalue weighted by molar-refractivity contribution is 9.10. The fraction of sp³-hybridized carbons (Fsp3) is 0.333. The second kappa shape index (κ2) is 3.37. The van der Waals surface area contributed by atoms with Crippen LogP contribution in [0.4, 0.5) is 0 Å². The van der Waals surface area contributed by atoms with E-state index >= 15 is 0 Å². The number of benzene rings is 1. The van der Waals surface area contributed by atoms with E-state index < -0.39 is 0 Å². The van der Waals surface area contributed by atoms with Crippen LogP contribution < -0.4 is 5.73 Å². The van der Waals surface area contributed by atoms with Crippen molar-refractivity contribution in [3.8, 4) is 0 Å². The lowest BCUT2D eigenvalue weighted by molar-refractivity contribution is 1.03. The molecular formula is C9H12BrN. The molecule has 0 atom stereocenters. The zero-order valence-corrected chi connectivity index (χ0v) is 8.40. The fourth-order valence-electron chi connectivity index (χ4n) is 1.09. The van der Waals surface area contributed by atoms with E-state index in [2.05, 4.69) is 35.8 Å². The third-order valence-electron chi connectivity index (χ3n) is 2.02. The van der Waals surface area contributed by atoms with Crippen LogP contribution in [0.15, 0.2) is 16.6 Å². The molecule has 1 aromatic carbocycles. The number of nitrogens with two attached hydrogens (primary N) is 1. The van der Waals surface area contributed by atoms with Gasteiger partial charge in [-0.2, -0.15) is 0 Å². The Kier molecular flexibility index (Phi) is 2.68. The van der Waals surface area contributed by atoms with E-state index in [0.29, 0.717) is 6.54 Å². The largest absolute Gasteiger partial charge is 0.326 e. The molecule has 1 rings (SSSR count). The van der Waals surface area contributed by atoms with E-state index in [1.165, 1.54) is 16.7 Å². The monoisotopic (exact) mass is 213 g/mol. The molecule has 2 N–H and O–H groups in total. The first kappa shape index (κ1) is 8.75. The molecule has 0 fully saturated rings. The first-order chi connectivity index (χ1) is 5.16. The summed E-state index contributed by atoms with van der Waals surface area (Å²) < 4.78 is 1.11. The predicted octanol–water partition coefficient (Wildman–Crippen LogP) is 2.52. The van der Waals surface area contributed by atoms with Crippen LogP contribution in [0.3, 0.4) is 0 Å². The smallest absolute Gasteiger partial charge is 0.0223 e. The Balaban J connectivity index is 3.29. The molecule has 0 spiro atoms. The Morgan fingerprint density at radius 1 is 1.36 bits per heavy atom. The van der Waals surface area contributed by atoms with Crippen molar-refractivity contribution in [2.45, 2.75) is 20.4 Å². The van der Waals surface area contributed by atoms with E-state index in [0.717, 1.165) is 4.47 Å². The molecule has 60 valence electrons. The first-order valence-electron chi connectivity index (χ1n) is 3.61. The molecule has 0 aliphatic carbocycles. The summed E-state index contributed by atoms with van der Waals surface area (Å²) in [6.07, 6.45) is 0. The molecule has 0 aliphatic heterocycles. The van der Waals surface area contributed by atoms with Gasteiger partial charge < -0.3 is 5.73 Å². The highest BCUT2D eigenvalue weighted by Crippen LogP contribution is 2.22. The quantitative estimate of drug-likeness (QED) is 0.763. The molecule has 0 heterocycles. The van der Waals surface area contributed by atoms with Crippen molar-refractivity contribution in [3.63, 3.8) is 0 Å². The van der Waals surface area contributed by atoms with Crippen LogP contribution in [0.25, 0.3) is 0 Å². The first-order valence-corrected chi connectivity index (χ1v) is 4.40. The Morgan fingerprint density at radius 2 is 2.00 bits per heavy atom. The van der Waals surface area contributed by atoms with Crippen molar-refractivity contribution in [1.82, 2.24) is 0 Å². The van der Waals surface area contributed by atoms with E-state index in [1.807, 2.05) is 6.07 Å². The number of hydrogen-bond acceptors (Lipinski definition) is 1. The number of halogens is 1. The average Bonchev–Trinajstić information content (AvgIpc) is 1.99. The number of rotatable bonds is 1. The van der Waals surface area contributed by atoms with Crippen molar-refractivity contribution in [2.24, 2.45) is 5.73 Å². The van der Waals surface area contributed by atoms with Gasteiger partial charge in [0.05, 0.1) is 0 Å². The fourth-order valence-corrected chi connectivity index (χ4v) is 1.68. The maximum absolute atomic E-state index is 5.59. The Bertz CT molecular complexity index is 269. The standard InChI is InChI=1S/C9H12BrN/c1-6-3-4-9(10)8(5-11)7(6)2/h3-4H,5,11H2,1-2H3. The summed E-state index contributed by atoms with van der Waals surface area (Å²) in [6.45, 7) is 4.80. The molecule has 1 aromatic rings. The third-order valence-corrected chi connectivity index (χ3v) is 2.76. The second-order valence-electron chi connectivity index (χ2n) is 2.67. The highest BCUT2D eigenvalue weighted by Gasteiger charge is 2.02. The summed E-state index contributed by atoms with van der Waals surface area (Å²) in [5.41, 5.74) is 9.40. The van der Waals surface area contributed by atoms with Gasteiger partial charge in [-0.3, -0.25) is 0 Å². The topological polar surface area (TPSA) is 26.0 Å². The van der Waals surface area contributed by atoms with Crippen molar-refractivity contribution in [2.75, 3.05) is 0 Å². The molecule has 0 saturated heterocycles. The summed E-state index contributed by atoms with van der Waals surface area (Å²) in [6, 6.07) is 4.14. The van der Waals surface area contributed by atoms with Crippen LogP contribution in [0.2, 0.25) is 0 Å². The molecule has 0 aromatic heterocycles. The third kappa shape index (κ3) is 1.63. The van der Waals surface area contributed by atoms with Crippen LogP contribution >= 0.6 is 15.9 Å². The van der Waals surface area contributed by atoms with Crippen LogP contribution in [0.5, 0.6) is 0 Å². The molecule has 2 heteroatoms. The summed E-state index contributed by atoms with van der Waals surface area (Å²) >= 11 is 3.46. The molecule has 0 unspecified atom stereocenters. The molecule has 0 aliphatic rings. The summed E-state index contributed by atoms with van der Waals surface area (Å²) in [5.74, 6) is 0. The lowest BCUT2D eigenvalue weighted by Crippen LogP contribution is -2.01. The van der Waals surface area contributed by atoms with E-state index in [9.17, 15) is 0 Å². The van der Waals surface area contributed by atoms with Gasteiger partial charge >= 0.3 is 0 Å².